The zero-order valence-electron chi connectivity index (χ0n) is 12.1. The van der Waals surface area contributed by atoms with E-state index in [-0.39, 0.29) is 12.5 Å². The molecular weight excluding hydrogens is 281 g/mol. The van der Waals surface area contributed by atoms with Gasteiger partial charge in [0.15, 0.2) is 0 Å². The lowest BCUT2D eigenvalue weighted by Crippen LogP contribution is -2.47. The van der Waals surface area contributed by atoms with Gasteiger partial charge in [0.1, 0.15) is 0 Å². The zero-order chi connectivity index (χ0) is 15.9. The number of amides is 1. The standard InChI is InChI=1S/C15H19F3N2O/c1-13(2,19)9-20-12(21)14(6-7-14)10-4-3-5-11(8-10)15(16,17)18/h3-5,8H,6-7,9,19H2,1-2H3,(H,20,21). The van der Waals surface area contributed by atoms with Crippen molar-refractivity contribution in [3.63, 3.8) is 0 Å². The van der Waals surface area contributed by atoms with Crippen molar-refractivity contribution >= 4 is 5.91 Å². The third kappa shape index (κ3) is 3.56. The van der Waals surface area contributed by atoms with Crippen LogP contribution in [0.4, 0.5) is 13.2 Å². The van der Waals surface area contributed by atoms with Crippen LogP contribution in [0, 0.1) is 0 Å². The first-order valence-corrected chi connectivity index (χ1v) is 6.80. The first-order chi connectivity index (χ1) is 9.55. The van der Waals surface area contributed by atoms with Crippen molar-refractivity contribution in [1.82, 2.24) is 5.32 Å². The lowest BCUT2D eigenvalue weighted by Gasteiger charge is -2.22. The average Bonchev–Trinajstić information content (AvgIpc) is 3.16. The molecule has 1 fully saturated rings. The molecule has 1 amide bonds. The summed E-state index contributed by atoms with van der Waals surface area (Å²) in [5, 5.41) is 2.74. The number of alkyl halides is 3. The van der Waals surface area contributed by atoms with Crippen LogP contribution in [0.25, 0.3) is 0 Å². The van der Waals surface area contributed by atoms with Crippen LogP contribution < -0.4 is 11.1 Å². The summed E-state index contributed by atoms with van der Waals surface area (Å²) >= 11 is 0. The second kappa shape index (κ2) is 5.02. The Kier molecular flexibility index (Phi) is 3.78. The largest absolute Gasteiger partial charge is 0.416 e. The van der Waals surface area contributed by atoms with Crippen molar-refractivity contribution in [1.29, 1.82) is 0 Å². The van der Waals surface area contributed by atoms with Gasteiger partial charge in [0.05, 0.1) is 11.0 Å². The molecule has 1 aromatic carbocycles. The second-order valence-corrected chi connectivity index (χ2v) is 6.33. The van der Waals surface area contributed by atoms with E-state index in [1.54, 1.807) is 19.9 Å². The Morgan fingerprint density at radius 1 is 1.33 bits per heavy atom. The van der Waals surface area contributed by atoms with Crippen molar-refractivity contribution in [3.8, 4) is 0 Å². The number of rotatable bonds is 4. The Bertz CT molecular complexity index is 543. The van der Waals surface area contributed by atoms with Crippen LogP contribution in [-0.2, 0) is 16.4 Å². The molecule has 0 heterocycles. The van der Waals surface area contributed by atoms with Crippen molar-refractivity contribution in [3.05, 3.63) is 35.4 Å². The number of hydrogen-bond acceptors (Lipinski definition) is 2. The molecule has 1 saturated carbocycles. The second-order valence-electron chi connectivity index (χ2n) is 6.33. The van der Waals surface area contributed by atoms with Crippen LogP contribution >= 0.6 is 0 Å². The highest BCUT2D eigenvalue weighted by atomic mass is 19.4. The number of benzene rings is 1. The first-order valence-electron chi connectivity index (χ1n) is 6.80. The minimum Gasteiger partial charge on any atom is -0.354 e. The monoisotopic (exact) mass is 300 g/mol. The Labute approximate surface area is 121 Å². The minimum absolute atomic E-state index is 0.250. The van der Waals surface area contributed by atoms with Crippen LogP contribution in [0.15, 0.2) is 24.3 Å². The van der Waals surface area contributed by atoms with Crippen molar-refractivity contribution in [2.75, 3.05) is 6.54 Å². The molecule has 1 aromatic rings. The maximum absolute atomic E-state index is 12.8. The Hall–Kier alpha value is -1.56. The van der Waals surface area contributed by atoms with E-state index in [2.05, 4.69) is 5.32 Å². The van der Waals surface area contributed by atoms with Crippen LogP contribution in [0.2, 0.25) is 0 Å². The summed E-state index contributed by atoms with van der Waals surface area (Å²) in [6, 6.07) is 5.01. The molecule has 3 N–H and O–H groups in total. The highest BCUT2D eigenvalue weighted by molar-refractivity contribution is 5.91. The van der Waals surface area contributed by atoms with Gasteiger partial charge < -0.3 is 11.1 Å². The third-order valence-corrected chi connectivity index (χ3v) is 3.63. The number of halogens is 3. The van der Waals surface area contributed by atoms with E-state index in [1.165, 1.54) is 6.07 Å². The molecule has 21 heavy (non-hydrogen) atoms. The molecule has 0 radical (unpaired) electrons. The van der Waals surface area contributed by atoms with E-state index in [4.69, 9.17) is 5.73 Å². The molecule has 1 aliphatic carbocycles. The predicted molar refractivity (Wildman–Crippen MR) is 73.6 cm³/mol. The van der Waals surface area contributed by atoms with Gasteiger partial charge in [0.2, 0.25) is 5.91 Å². The van der Waals surface area contributed by atoms with Crippen molar-refractivity contribution in [2.24, 2.45) is 5.73 Å². The van der Waals surface area contributed by atoms with E-state index < -0.39 is 22.7 Å². The molecule has 116 valence electrons. The highest BCUT2D eigenvalue weighted by Gasteiger charge is 2.51. The topological polar surface area (TPSA) is 55.1 Å². The van der Waals surface area contributed by atoms with Crippen LogP contribution in [-0.4, -0.2) is 18.0 Å². The zero-order valence-corrected chi connectivity index (χ0v) is 12.1. The van der Waals surface area contributed by atoms with Crippen molar-refractivity contribution < 1.29 is 18.0 Å². The van der Waals surface area contributed by atoms with Crippen LogP contribution in [0.1, 0.15) is 37.8 Å². The smallest absolute Gasteiger partial charge is 0.354 e. The van der Waals surface area contributed by atoms with E-state index in [0.717, 1.165) is 12.1 Å². The van der Waals surface area contributed by atoms with E-state index >= 15 is 0 Å². The quantitative estimate of drug-likeness (QED) is 0.898. The summed E-state index contributed by atoms with van der Waals surface area (Å²) in [6.07, 6.45) is -3.28. The van der Waals surface area contributed by atoms with Gasteiger partial charge in [0, 0.05) is 12.1 Å². The van der Waals surface area contributed by atoms with Gasteiger partial charge in [-0.3, -0.25) is 4.79 Å². The lowest BCUT2D eigenvalue weighted by molar-refractivity contribution is -0.137. The number of nitrogens with one attached hydrogen (secondary N) is 1. The molecular formula is C15H19F3N2O. The molecule has 3 nitrogen and oxygen atoms in total. The van der Waals surface area contributed by atoms with Gasteiger partial charge in [-0.25, -0.2) is 0 Å². The molecule has 0 saturated heterocycles. The summed E-state index contributed by atoms with van der Waals surface area (Å²) in [7, 11) is 0. The summed E-state index contributed by atoms with van der Waals surface area (Å²) < 4.78 is 38.3. The molecule has 0 aromatic heterocycles. The fourth-order valence-corrected chi connectivity index (χ4v) is 2.24. The Morgan fingerprint density at radius 2 is 1.95 bits per heavy atom. The first kappa shape index (κ1) is 15.8. The van der Waals surface area contributed by atoms with Gasteiger partial charge in [-0.15, -0.1) is 0 Å². The molecule has 0 aliphatic heterocycles. The van der Waals surface area contributed by atoms with Gasteiger partial charge in [0.25, 0.3) is 0 Å². The molecule has 0 bridgehead atoms. The molecule has 2 rings (SSSR count). The normalized spacial score (nSPS) is 17.4. The van der Waals surface area contributed by atoms with Gasteiger partial charge in [-0.05, 0) is 38.3 Å². The third-order valence-electron chi connectivity index (χ3n) is 3.63. The summed E-state index contributed by atoms with van der Waals surface area (Å²) in [6.45, 7) is 3.83. The van der Waals surface area contributed by atoms with E-state index in [0.29, 0.717) is 18.4 Å². The molecule has 6 heteroatoms. The molecule has 0 atom stereocenters. The lowest BCUT2D eigenvalue weighted by atomic mass is 9.93. The van der Waals surface area contributed by atoms with E-state index in [1.807, 2.05) is 0 Å². The van der Waals surface area contributed by atoms with Crippen molar-refractivity contribution in [2.45, 2.75) is 43.8 Å². The fourth-order valence-electron chi connectivity index (χ4n) is 2.24. The Morgan fingerprint density at radius 3 is 2.43 bits per heavy atom. The predicted octanol–water partition coefficient (Wildman–Crippen LogP) is 2.59. The summed E-state index contributed by atoms with van der Waals surface area (Å²) in [5.41, 5.74) is 4.12. The van der Waals surface area contributed by atoms with Crippen LogP contribution in [0.3, 0.4) is 0 Å². The maximum Gasteiger partial charge on any atom is 0.416 e. The molecule has 0 unspecified atom stereocenters. The molecule has 0 spiro atoms. The summed E-state index contributed by atoms with van der Waals surface area (Å²) in [5.74, 6) is -0.250. The average molecular weight is 300 g/mol. The van der Waals surface area contributed by atoms with Crippen LogP contribution in [0.5, 0.6) is 0 Å². The molecule has 1 aliphatic rings. The maximum atomic E-state index is 12.8. The van der Waals surface area contributed by atoms with Gasteiger partial charge in [-0.1, -0.05) is 18.2 Å². The number of carbonyl (C=O) groups excluding carboxylic acids is 1. The summed E-state index contributed by atoms with van der Waals surface area (Å²) in [4.78, 5) is 12.3. The van der Waals surface area contributed by atoms with Gasteiger partial charge in [-0.2, -0.15) is 13.2 Å². The van der Waals surface area contributed by atoms with Gasteiger partial charge >= 0.3 is 6.18 Å². The number of carbonyl (C=O) groups is 1. The SMILES string of the molecule is CC(C)(N)CNC(=O)C1(c2cccc(C(F)(F)F)c2)CC1. The van der Waals surface area contributed by atoms with E-state index in [9.17, 15) is 18.0 Å². The number of hydrogen-bond donors (Lipinski definition) is 2. The highest BCUT2D eigenvalue weighted by Crippen LogP contribution is 2.49. The fraction of sp³-hybridized carbons (Fsp3) is 0.533. The Balaban J connectivity index is 2.19. The number of nitrogens with two attached hydrogens (primary N) is 1. The minimum atomic E-state index is -4.40.